The van der Waals surface area contributed by atoms with Gasteiger partial charge in [0.25, 0.3) is 0 Å². The highest BCUT2D eigenvalue weighted by Crippen LogP contribution is 2.54. The minimum Gasteiger partial charge on any atom is -0.308 e. The van der Waals surface area contributed by atoms with E-state index in [1.54, 1.807) is 38.1 Å². The van der Waals surface area contributed by atoms with E-state index in [1.165, 1.54) is 36.0 Å². The van der Waals surface area contributed by atoms with Crippen molar-refractivity contribution < 1.29 is 22.4 Å². The summed E-state index contributed by atoms with van der Waals surface area (Å²) in [6.07, 6.45) is 0. The molecule has 7 heteroatoms. The maximum Gasteiger partial charge on any atom is 0.340 e. The third kappa shape index (κ3) is 5.93. The Labute approximate surface area is 151 Å². The first-order valence-electron chi connectivity index (χ1n) is 7.98. The van der Waals surface area contributed by atoms with Gasteiger partial charge in [-0.3, -0.25) is 4.57 Å². The van der Waals surface area contributed by atoms with Gasteiger partial charge in [-0.25, -0.2) is 8.78 Å². The molecule has 0 heterocycles. The molecule has 136 valence electrons. The number of hydrogen-bond donors (Lipinski definition) is 0. The van der Waals surface area contributed by atoms with Crippen LogP contribution in [0.2, 0.25) is 0 Å². The van der Waals surface area contributed by atoms with Crippen molar-refractivity contribution in [2.24, 2.45) is 0 Å². The highest BCUT2D eigenvalue weighted by Gasteiger charge is 2.27. The first-order valence-corrected chi connectivity index (χ1v) is 10.8. The second-order valence-electron chi connectivity index (χ2n) is 5.23. The van der Waals surface area contributed by atoms with Gasteiger partial charge in [-0.05, 0) is 49.2 Å². The van der Waals surface area contributed by atoms with Crippen LogP contribution >= 0.6 is 19.4 Å². The summed E-state index contributed by atoms with van der Waals surface area (Å²) in [7, 11) is -3.22. The molecule has 0 aliphatic rings. The number of benzene rings is 2. The van der Waals surface area contributed by atoms with E-state index in [1.807, 2.05) is 0 Å². The molecule has 0 aliphatic carbocycles. The summed E-state index contributed by atoms with van der Waals surface area (Å²) in [6.45, 7) is 4.09. The standard InChI is InChI=1S/C18H21F2O3PS/c1-3-22-24(21,23-4-2)13-25-18(14-5-9-16(19)10-6-14)15-7-11-17(20)12-8-15/h5-12,18H,3-4,13H2,1-2H3. The second-order valence-corrected chi connectivity index (χ2v) is 8.80. The van der Waals surface area contributed by atoms with Gasteiger partial charge in [0, 0.05) is 0 Å². The Morgan fingerprint density at radius 2 is 1.28 bits per heavy atom. The first-order chi connectivity index (χ1) is 12.0. The highest BCUT2D eigenvalue weighted by atomic mass is 32.2. The van der Waals surface area contributed by atoms with Crippen LogP contribution in [0.5, 0.6) is 0 Å². The summed E-state index contributed by atoms with van der Waals surface area (Å²) < 4.78 is 49.8. The molecule has 0 N–H and O–H groups in total. The number of halogens is 2. The molecule has 2 aromatic rings. The van der Waals surface area contributed by atoms with Crippen LogP contribution in [0.25, 0.3) is 0 Å². The van der Waals surface area contributed by atoms with Gasteiger partial charge >= 0.3 is 7.60 Å². The maximum atomic E-state index is 13.2. The fourth-order valence-corrected chi connectivity index (χ4v) is 5.81. The lowest BCUT2D eigenvalue weighted by molar-refractivity contribution is 0.224. The summed E-state index contributed by atoms with van der Waals surface area (Å²) in [5, 5.41) is -0.240. The van der Waals surface area contributed by atoms with Crippen molar-refractivity contribution in [3.05, 3.63) is 71.3 Å². The molecule has 0 aromatic heterocycles. The van der Waals surface area contributed by atoms with E-state index in [-0.39, 0.29) is 35.6 Å². The van der Waals surface area contributed by atoms with Crippen LogP contribution in [0.3, 0.4) is 0 Å². The van der Waals surface area contributed by atoms with Gasteiger partial charge in [0.05, 0.1) is 24.0 Å². The number of hydrogen-bond acceptors (Lipinski definition) is 4. The van der Waals surface area contributed by atoms with Gasteiger partial charge < -0.3 is 9.05 Å². The third-order valence-electron chi connectivity index (χ3n) is 3.40. The van der Waals surface area contributed by atoms with Crippen molar-refractivity contribution in [3.8, 4) is 0 Å². The molecule has 0 saturated carbocycles. The molecule has 0 spiro atoms. The molecule has 0 aliphatic heterocycles. The lowest BCUT2D eigenvalue weighted by Crippen LogP contribution is -2.02. The van der Waals surface area contributed by atoms with E-state index in [2.05, 4.69) is 0 Å². The predicted molar refractivity (Wildman–Crippen MR) is 98.0 cm³/mol. The van der Waals surface area contributed by atoms with E-state index < -0.39 is 7.60 Å². The number of rotatable bonds is 9. The third-order valence-corrected chi connectivity index (χ3v) is 7.44. The van der Waals surface area contributed by atoms with E-state index in [4.69, 9.17) is 9.05 Å². The van der Waals surface area contributed by atoms with Crippen LogP contribution in [0.15, 0.2) is 48.5 Å². The average molecular weight is 386 g/mol. The Bertz CT molecular complexity index is 652. The van der Waals surface area contributed by atoms with E-state index in [0.717, 1.165) is 11.1 Å². The molecule has 3 nitrogen and oxygen atoms in total. The first kappa shape index (κ1) is 20.1. The summed E-state index contributed by atoms with van der Waals surface area (Å²) in [5.41, 5.74) is 1.81. The largest absolute Gasteiger partial charge is 0.340 e. The zero-order valence-corrected chi connectivity index (χ0v) is 15.9. The molecular weight excluding hydrogens is 365 g/mol. The molecule has 0 amide bonds. The summed E-state index contributed by atoms with van der Waals surface area (Å²) in [4.78, 5) is 0. The van der Waals surface area contributed by atoms with Crippen LogP contribution < -0.4 is 0 Å². The number of thioether (sulfide) groups is 1. The van der Waals surface area contributed by atoms with Gasteiger partial charge in [-0.1, -0.05) is 24.3 Å². The molecule has 0 radical (unpaired) electrons. The van der Waals surface area contributed by atoms with Crippen LogP contribution in [0, 0.1) is 11.6 Å². The molecule has 2 aromatic carbocycles. The van der Waals surface area contributed by atoms with E-state index in [0.29, 0.717) is 0 Å². The molecular formula is C18H21F2O3PS. The normalized spacial score (nSPS) is 11.9. The Balaban J connectivity index is 2.26. The fraction of sp³-hybridized carbons (Fsp3) is 0.333. The average Bonchev–Trinajstić information content (AvgIpc) is 2.58. The molecule has 0 fully saturated rings. The van der Waals surface area contributed by atoms with Crippen molar-refractivity contribution in [2.75, 3.05) is 18.7 Å². The Hall–Kier alpha value is -1.20. The topological polar surface area (TPSA) is 35.5 Å². The van der Waals surface area contributed by atoms with Gasteiger partial charge in [0.2, 0.25) is 0 Å². The molecule has 25 heavy (non-hydrogen) atoms. The zero-order valence-electron chi connectivity index (χ0n) is 14.2. The maximum absolute atomic E-state index is 13.2. The fourth-order valence-electron chi connectivity index (χ4n) is 2.33. The predicted octanol–water partition coefficient (Wildman–Crippen LogP) is 6.01. The van der Waals surface area contributed by atoms with Crippen LogP contribution in [-0.2, 0) is 13.6 Å². The lowest BCUT2D eigenvalue weighted by Gasteiger charge is -2.22. The molecule has 0 unspecified atom stereocenters. The van der Waals surface area contributed by atoms with E-state index in [9.17, 15) is 13.3 Å². The van der Waals surface area contributed by atoms with Crippen LogP contribution in [-0.4, -0.2) is 18.7 Å². The summed E-state index contributed by atoms with van der Waals surface area (Å²) in [6, 6.07) is 12.2. The van der Waals surface area contributed by atoms with Crippen LogP contribution in [0.1, 0.15) is 30.2 Å². The van der Waals surface area contributed by atoms with Gasteiger partial charge in [-0.2, -0.15) is 0 Å². The second kappa shape index (κ2) is 9.48. The van der Waals surface area contributed by atoms with Crippen molar-refractivity contribution in [1.29, 1.82) is 0 Å². The van der Waals surface area contributed by atoms with Gasteiger partial charge in [-0.15, -0.1) is 11.8 Å². The Kier molecular flexibility index (Phi) is 7.63. The van der Waals surface area contributed by atoms with Crippen molar-refractivity contribution in [3.63, 3.8) is 0 Å². The minimum absolute atomic E-state index is 0.147. The van der Waals surface area contributed by atoms with Gasteiger partial charge in [0.1, 0.15) is 11.6 Å². The van der Waals surface area contributed by atoms with Gasteiger partial charge in [0.15, 0.2) is 0 Å². The Morgan fingerprint density at radius 1 is 0.880 bits per heavy atom. The van der Waals surface area contributed by atoms with Crippen molar-refractivity contribution in [1.82, 2.24) is 0 Å². The SMILES string of the molecule is CCOP(=O)(CSC(c1ccc(F)cc1)c1ccc(F)cc1)OCC. The smallest absolute Gasteiger partial charge is 0.308 e. The van der Waals surface area contributed by atoms with Crippen molar-refractivity contribution in [2.45, 2.75) is 19.1 Å². The summed E-state index contributed by atoms with van der Waals surface area (Å²) in [5.74, 6) is -0.665. The van der Waals surface area contributed by atoms with Crippen molar-refractivity contribution >= 4 is 19.4 Å². The van der Waals surface area contributed by atoms with E-state index >= 15 is 0 Å². The molecule has 2 rings (SSSR count). The highest BCUT2D eigenvalue weighted by molar-refractivity contribution is 8.04. The van der Waals surface area contributed by atoms with Crippen LogP contribution in [0.4, 0.5) is 8.78 Å². The summed E-state index contributed by atoms with van der Waals surface area (Å²) >= 11 is 1.37. The minimum atomic E-state index is -3.22. The Morgan fingerprint density at radius 3 is 1.64 bits per heavy atom. The molecule has 0 bridgehead atoms. The monoisotopic (exact) mass is 386 g/mol. The lowest BCUT2D eigenvalue weighted by atomic mass is 10.0. The molecule has 0 atom stereocenters. The quantitative estimate of drug-likeness (QED) is 0.494. The molecule has 0 saturated heterocycles. The zero-order chi connectivity index (χ0) is 18.3.